The van der Waals surface area contributed by atoms with E-state index in [0.29, 0.717) is 11.6 Å². The quantitative estimate of drug-likeness (QED) is 0.855. The molecule has 3 rings (SSSR count). The number of likely N-dealkylation sites (tertiary alicyclic amines) is 1. The van der Waals surface area contributed by atoms with Crippen LogP contribution in [-0.2, 0) is 0 Å². The van der Waals surface area contributed by atoms with Gasteiger partial charge in [0.1, 0.15) is 5.69 Å². The van der Waals surface area contributed by atoms with E-state index in [2.05, 4.69) is 15.3 Å². The van der Waals surface area contributed by atoms with Crippen molar-refractivity contribution in [2.75, 3.05) is 13.1 Å². The Hall–Kier alpha value is -1.27. The van der Waals surface area contributed by atoms with Crippen molar-refractivity contribution in [3.63, 3.8) is 0 Å². The summed E-state index contributed by atoms with van der Waals surface area (Å²) in [6.45, 7) is 3.61. The number of carbonyl (C=O) groups excluding carboxylic acids is 1. The second-order valence-electron chi connectivity index (χ2n) is 4.79. The summed E-state index contributed by atoms with van der Waals surface area (Å²) in [7, 11) is 0. The number of aryl methyl sites for hydroxylation is 1. The standard InChI is InChI=1S/C13H15N3OS2/c1-9-6-19-12(15-9)10-3-2-4-16(5-10)13(17)11-7-18-8-14-11/h6-8,10H,2-5H2,1H3/t10-/m1/s1. The summed E-state index contributed by atoms with van der Waals surface area (Å²) < 4.78 is 0. The molecule has 100 valence electrons. The number of carbonyl (C=O) groups is 1. The first kappa shape index (κ1) is 12.7. The lowest BCUT2D eigenvalue weighted by Crippen LogP contribution is -2.39. The van der Waals surface area contributed by atoms with Crippen LogP contribution in [0.2, 0.25) is 0 Å². The van der Waals surface area contributed by atoms with Gasteiger partial charge < -0.3 is 4.90 Å². The van der Waals surface area contributed by atoms with E-state index in [-0.39, 0.29) is 5.91 Å². The lowest BCUT2D eigenvalue weighted by Gasteiger charge is -2.31. The van der Waals surface area contributed by atoms with E-state index in [0.717, 1.165) is 36.6 Å². The molecule has 1 saturated heterocycles. The van der Waals surface area contributed by atoms with E-state index < -0.39 is 0 Å². The Balaban J connectivity index is 1.73. The van der Waals surface area contributed by atoms with Crippen LogP contribution in [0.3, 0.4) is 0 Å². The van der Waals surface area contributed by atoms with Gasteiger partial charge in [-0.15, -0.1) is 22.7 Å². The van der Waals surface area contributed by atoms with Crippen molar-refractivity contribution in [3.05, 3.63) is 32.7 Å². The molecule has 1 aliphatic heterocycles. The van der Waals surface area contributed by atoms with Gasteiger partial charge in [-0.2, -0.15) is 0 Å². The second-order valence-corrected chi connectivity index (χ2v) is 6.40. The Morgan fingerprint density at radius 3 is 3.05 bits per heavy atom. The highest BCUT2D eigenvalue weighted by Gasteiger charge is 2.27. The van der Waals surface area contributed by atoms with Crippen molar-refractivity contribution < 1.29 is 4.79 Å². The zero-order chi connectivity index (χ0) is 13.2. The van der Waals surface area contributed by atoms with Gasteiger partial charge in [0, 0.05) is 35.5 Å². The first-order valence-corrected chi connectivity index (χ1v) is 8.16. The molecule has 1 atom stereocenters. The van der Waals surface area contributed by atoms with Crippen molar-refractivity contribution in [2.45, 2.75) is 25.7 Å². The van der Waals surface area contributed by atoms with Gasteiger partial charge in [0.2, 0.25) is 0 Å². The van der Waals surface area contributed by atoms with E-state index in [4.69, 9.17) is 0 Å². The summed E-state index contributed by atoms with van der Waals surface area (Å²) in [4.78, 5) is 22.9. The summed E-state index contributed by atoms with van der Waals surface area (Å²) in [5.74, 6) is 0.439. The molecular formula is C13H15N3OS2. The number of nitrogens with zero attached hydrogens (tertiary/aromatic N) is 3. The minimum Gasteiger partial charge on any atom is -0.337 e. The van der Waals surface area contributed by atoms with E-state index >= 15 is 0 Å². The Kier molecular flexibility index (Phi) is 3.61. The molecule has 0 saturated carbocycles. The second kappa shape index (κ2) is 5.38. The molecule has 19 heavy (non-hydrogen) atoms. The molecule has 1 fully saturated rings. The topological polar surface area (TPSA) is 46.1 Å². The monoisotopic (exact) mass is 293 g/mol. The minimum atomic E-state index is 0.0548. The molecule has 0 N–H and O–H groups in total. The molecule has 4 nitrogen and oxygen atoms in total. The van der Waals surface area contributed by atoms with Gasteiger partial charge in [0.15, 0.2) is 0 Å². The van der Waals surface area contributed by atoms with Gasteiger partial charge in [-0.25, -0.2) is 9.97 Å². The number of amides is 1. The molecule has 3 heterocycles. The van der Waals surface area contributed by atoms with Crippen LogP contribution in [0.4, 0.5) is 0 Å². The molecular weight excluding hydrogens is 278 g/mol. The number of piperidine rings is 1. The van der Waals surface area contributed by atoms with Crippen LogP contribution in [0.15, 0.2) is 16.3 Å². The highest BCUT2D eigenvalue weighted by Crippen LogP contribution is 2.29. The average molecular weight is 293 g/mol. The number of aromatic nitrogens is 2. The highest BCUT2D eigenvalue weighted by molar-refractivity contribution is 7.09. The summed E-state index contributed by atoms with van der Waals surface area (Å²) in [6.07, 6.45) is 2.16. The molecule has 2 aromatic heterocycles. The van der Waals surface area contributed by atoms with Gasteiger partial charge in [-0.1, -0.05) is 0 Å². The third kappa shape index (κ3) is 2.69. The number of hydrogen-bond donors (Lipinski definition) is 0. The van der Waals surface area contributed by atoms with Crippen molar-refractivity contribution in [3.8, 4) is 0 Å². The van der Waals surface area contributed by atoms with Crippen LogP contribution in [-0.4, -0.2) is 33.9 Å². The third-order valence-electron chi connectivity index (χ3n) is 3.35. The van der Waals surface area contributed by atoms with Crippen LogP contribution < -0.4 is 0 Å². The zero-order valence-corrected chi connectivity index (χ0v) is 12.3. The molecule has 1 aliphatic rings. The Labute approximate surface area is 120 Å². The van der Waals surface area contributed by atoms with Crippen LogP contribution >= 0.6 is 22.7 Å². The zero-order valence-electron chi connectivity index (χ0n) is 10.7. The van der Waals surface area contributed by atoms with E-state index in [1.165, 1.54) is 11.3 Å². The van der Waals surface area contributed by atoms with Gasteiger partial charge >= 0.3 is 0 Å². The van der Waals surface area contributed by atoms with Crippen LogP contribution in [0.5, 0.6) is 0 Å². The maximum atomic E-state index is 12.3. The van der Waals surface area contributed by atoms with Gasteiger partial charge in [0.05, 0.1) is 10.5 Å². The van der Waals surface area contributed by atoms with Crippen molar-refractivity contribution >= 4 is 28.6 Å². The minimum absolute atomic E-state index is 0.0548. The lowest BCUT2D eigenvalue weighted by atomic mass is 9.98. The SMILES string of the molecule is Cc1csc([C@@H]2CCCN(C(=O)c3cscn3)C2)n1. The van der Waals surface area contributed by atoms with E-state index in [1.54, 1.807) is 16.8 Å². The van der Waals surface area contributed by atoms with Gasteiger partial charge in [-0.3, -0.25) is 4.79 Å². The van der Waals surface area contributed by atoms with Crippen molar-refractivity contribution in [2.24, 2.45) is 0 Å². The first-order chi connectivity index (χ1) is 9.24. The van der Waals surface area contributed by atoms with E-state index in [9.17, 15) is 4.79 Å². The maximum Gasteiger partial charge on any atom is 0.273 e. The van der Waals surface area contributed by atoms with Gasteiger partial charge in [0.25, 0.3) is 5.91 Å². The predicted octanol–water partition coefficient (Wildman–Crippen LogP) is 2.93. The largest absolute Gasteiger partial charge is 0.337 e. The predicted molar refractivity (Wildman–Crippen MR) is 76.8 cm³/mol. The van der Waals surface area contributed by atoms with E-state index in [1.807, 2.05) is 17.2 Å². The fourth-order valence-corrected chi connectivity index (χ4v) is 3.85. The average Bonchev–Trinajstić information content (AvgIpc) is 3.09. The van der Waals surface area contributed by atoms with Crippen LogP contribution in [0.25, 0.3) is 0 Å². The fourth-order valence-electron chi connectivity index (χ4n) is 2.40. The Morgan fingerprint density at radius 1 is 1.47 bits per heavy atom. The summed E-state index contributed by atoms with van der Waals surface area (Å²) in [5.41, 5.74) is 3.35. The Morgan fingerprint density at radius 2 is 2.37 bits per heavy atom. The molecule has 0 spiro atoms. The summed E-state index contributed by atoms with van der Waals surface area (Å²) >= 11 is 3.17. The maximum absolute atomic E-state index is 12.3. The molecule has 0 aromatic carbocycles. The van der Waals surface area contributed by atoms with Crippen LogP contribution in [0.1, 0.15) is 39.9 Å². The molecule has 0 aliphatic carbocycles. The molecule has 2 aromatic rings. The van der Waals surface area contributed by atoms with Crippen molar-refractivity contribution in [1.82, 2.24) is 14.9 Å². The number of rotatable bonds is 2. The first-order valence-electron chi connectivity index (χ1n) is 6.33. The summed E-state index contributed by atoms with van der Waals surface area (Å²) in [6, 6.07) is 0. The number of thiazole rings is 2. The molecule has 0 bridgehead atoms. The highest BCUT2D eigenvalue weighted by atomic mass is 32.1. The molecule has 0 radical (unpaired) electrons. The number of hydrogen-bond acceptors (Lipinski definition) is 5. The summed E-state index contributed by atoms with van der Waals surface area (Å²) in [5, 5.41) is 5.06. The molecule has 6 heteroatoms. The fraction of sp³-hybridized carbons (Fsp3) is 0.462. The third-order valence-corrected chi connectivity index (χ3v) is 5.06. The lowest BCUT2D eigenvalue weighted by molar-refractivity contribution is 0.0702. The van der Waals surface area contributed by atoms with Crippen molar-refractivity contribution in [1.29, 1.82) is 0 Å². The normalized spacial score (nSPS) is 19.6. The van der Waals surface area contributed by atoms with Gasteiger partial charge in [-0.05, 0) is 19.8 Å². The molecule has 1 amide bonds. The Bertz CT molecular complexity index is 564. The molecule has 0 unspecified atom stereocenters. The smallest absolute Gasteiger partial charge is 0.273 e. The van der Waals surface area contributed by atoms with Crippen LogP contribution in [0, 0.1) is 6.92 Å².